The summed E-state index contributed by atoms with van der Waals surface area (Å²) in [5.74, 6) is 1.42. The van der Waals surface area contributed by atoms with Gasteiger partial charge in [-0.25, -0.2) is 0 Å². The van der Waals surface area contributed by atoms with Crippen molar-refractivity contribution in [2.45, 2.75) is 20.8 Å². The molecule has 0 aliphatic heterocycles. The van der Waals surface area contributed by atoms with E-state index in [1.54, 1.807) is 0 Å². The molecule has 0 radical (unpaired) electrons. The molecule has 0 atom stereocenters. The zero-order valence-corrected chi connectivity index (χ0v) is 9.86. The molecule has 0 rings (SSSR count). The molecule has 0 amide bonds. The molecule has 0 aromatic heterocycles. The van der Waals surface area contributed by atoms with Crippen molar-refractivity contribution in [1.82, 2.24) is 0 Å². The third-order valence-corrected chi connectivity index (χ3v) is 0. The Bertz CT molecular complexity index is 26.8. The molecule has 0 spiro atoms. The molecule has 0 saturated heterocycles. The summed E-state index contributed by atoms with van der Waals surface area (Å²) >= 11 is -2.13. The molecule has 51 valence electrons. The third-order valence-electron chi connectivity index (χ3n) is 0. The standard InChI is InChI=1S/C4H9.3ClH.Zr/c1-4(2)3;;;;/h1-3H3;3*1H;/q-1;;;;+3/p-3. The Hall–Kier alpha value is 1.75. The quantitative estimate of drug-likeness (QED) is 0.579. The molecular weight excluding hydrogens is 246 g/mol. The van der Waals surface area contributed by atoms with Crippen molar-refractivity contribution in [3.8, 4) is 0 Å². The van der Waals surface area contributed by atoms with Crippen LogP contribution in [0.3, 0.4) is 0 Å². The molecule has 0 aliphatic carbocycles. The van der Waals surface area contributed by atoms with Gasteiger partial charge in [-0.2, -0.15) is 20.8 Å². The fourth-order valence-corrected chi connectivity index (χ4v) is 0. The zero-order valence-electron chi connectivity index (χ0n) is 5.13. The number of hydrogen-bond donors (Lipinski definition) is 0. The topological polar surface area (TPSA) is 0 Å². The molecule has 0 aliphatic rings. The molecule has 0 unspecified atom stereocenters. The van der Waals surface area contributed by atoms with Crippen LogP contribution < -0.4 is 0 Å². The molecule has 0 fully saturated rings. The fraction of sp³-hybridized carbons (Fsp3) is 0.750. The van der Waals surface area contributed by atoms with E-state index in [0.717, 1.165) is 0 Å². The fourth-order valence-electron chi connectivity index (χ4n) is 0. The van der Waals surface area contributed by atoms with Crippen LogP contribution in [0.25, 0.3) is 0 Å². The van der Waals surface area contributed by atoms with Crippen molar-refractivity contribution in [2.75, 3.05) is 0 Å². The molecule has 0 nitrogen and oxygen atoms in total. The van der Waals surface area contributed by atoms with E-state index in [0.29, 0.717) is 0 Å². The minimum absolute atomic E-state index is 1.42. The van der Waals surface area contributed by atoms with E-state index in [1.807, 2.05) is 0 Å². The first-order valence-corrected chi connectivity index (χ1v) is 11.6. The van der Waals surface area contributed by atoms with Gasteiger partial charge in [-0.05, 0) is 0 Å². The second kappa shape index (κ2) is 8.75. The third kappa shape index (κ3) is 115. The number of halogens is 3. The van der Waals surface area contributed by atoms with Crippen LogP contribution in [-0.4, -0.2) is 0 Å². The second-order valence-corrected chi connectivity index (χ2v) is 12.9. The van der Waals surface area contributed by atoms with Crippen molar-refractivity contribution < 1.29 is 18.2 Å². The molecule has 0 aromatic carbocycles. The van der Waals surface area contributed by atoms with Gasteiger partial charge < -0.3 is 5.92 Å². The summed E-state index contributed by atoms with van der Waals surface area (Å²) in [4.78, 5) is 0. The van der Waals surface area contributed by atoms with Crippen LogP contribution in [0.5, 0.6) is 0 Å². The van der Waals surface area contributed by atoms with Crippen LogP contribution in [0.1, 0.15) is 20.8 Å². The van der Waals surface area contributed by atoms with E-state index < -0.39 is 18.2 Å². The first-order chi connectivity index (χ1) is 3.46. The van der Waals surface area contributed by atoms with E-state index >= 15 is 0 Å². The maximum atomic E-state index is 5.00. The van der Waals surface area contributed by atoms with Gasteiger partial charge in [0.1, 0.15) is 0 Å². The Balaban J connectivity index is 0. The van der Waals surface area contributed by atoms with Gasteiger partial charge in [0.15, 0.2) is 0 Å². The Kier molecular flexibility index (Phi) is 13.6. The van der Waals surface area contributed by atoms with Crippen molar-refractivity contribution in [1.29, 1.82) is 0 Å². The van der Waals surface area contributed by atoms with E-state index in [2.05, 4.69) is 20.8 Å². The molecule has 0 bridgehead atoms. The summed E-state index contributed by atoms with van der Waals surface area (Å²) in [6.45, 7) is 6.25. The molecule has 8 heavy (non-hydrogen) atoms. The van der Waals surface area contributed by atoms with Gasteiger partial charge in [-0.1, -0.05) is 0 Å². The van der Waals surface area contributed by atoms with Gasteiger partial charge >= 0.3 is 43.7 Å². The summed E-state index contributed by atoms with van der Waals surface area (Å²) < 4.78 is 0. The van der Waals surface area contributed by atoms with Gasteiger partial charge in [-0.3, -0.25) is 0 Å². The Morgan fingerprint density at radius 1 is 1.00 bits per heavy atom. The summed E-state index contributed by atoms with van der Waals surface area (Å²) in [6.07, 6.45) is 0. The van der Waals surface area contributed by atoms with Gasteiger partial charge in [0.25, 0.3) is 0 Å². The van der Waals surface area contributed by atoms with E-state index in [9.17, 15) is 0 Å². The van der Waals surface area contributed by atoms with Crippen molar-refractivity contribution in [2.24, 2.45) is 0 Å². The van der Waals surface area contributed by atoms with E-state index in [-0.39, 0.29) is 0 Å². The molecule has 0 aromatic rings. The SMILES string of the molecule is C[C-](C)C.[Cl][Zr]([Cl])[Cl]. The van der Waals surface area contributed by atoms with Crippen LogP contribution in [0.2, 0.25) is 0 Å². The van der Waals surface area contributed by atoms with E-state index in [4.69, 9.17) is 25.5 Å². The first-order valence-electron chi connectivity index (χ1n) is 2.07. The predicted molar refractivity (Wildman–Crippen MR) is 37.8 cm³/mol. The monoisotopic (exact) mass is 252 g/mol. The average molecular weight is 255 g/mol. The van der Waals surface area contributed by atoms with Gasteiger partial charge in [-0.15, -0.1) is 0 Å². The maximum absolute atomic E-state index is 5.00. The first kappa shape index (κ1) is 12.4. The molecule has 0 heterocycles. The minimum atomic E-state index is -2.13. The Morgan fingerprint density at radius 2 is 1.00 bits per heavy atom. The number of hydrogen-bond acceptors (Lipinski definition) is 0. The predicted octanol–water partition coefficient (Wildman–Crippen LogP) is 3.69. The zero-order chi connectivity index (χ0) is 7.15. The average Bonchev–Trinajstić information content (AvgIpc) is 1.25. The van der Waals surface area contributed by atoms with Crippen LogP contribution >= 0.6 is 25.5 Å². The van der Waals surface area contributed by atoms with Gasteiger partial charge in [0.05, 0.1) is 0 Å². The molecule has 4 heteroatoms. The molecule has 0 N–H and O–H groups in total. The van der Waals surface area contributed by atoms with Gasteiger partial charge in [0, 0.05) is 0 Å². The van der Waals surface area contributed by atoms with Crippen LogP contribution in [0.15, 0.2) is 0 Å². The van der Waals surface area contributed by atoms with Crippen LogP contribution in [-0.2, 0) is 18.2 Å². The summed E-state index contributed by atoms with van der Waals surface area (Å²) in [5.41, 5.74) is 0. The molecule has 0 saturated carbocycles. The summed E-state index contributed by atoms with van der Waals surface area (Å²) in [6, 6.07) is 0. The Morgan fingerprint density at radius 3 is 1.00 bits per heavy atom. The van der Waals surface area contributed by atoms with Crippen LogP contribution in [0, 0.1) is 5.92 Å². The molecular formula is C4H9Cl3Zr-. The van der Waals surface area contributed by atoms with Gasteiger partial charge in [0.2, 0.25) is 0 Å². The van der Waals surface area contributed by atoms with Crippen LogP contribution in [0.4, 0.5) is 0 Å². The Labute approximate surface area is 69.8 Å². The van der Waals surface area contributed by atoms with Crippen molar-refractivity contribution >= 4 is 25.5 Å². The summed E-state index contributed by atoms with van der Waals surface area (Å²) in [7, 11) is 15.0. The normalized spacial score (nSPS) is 7.88. The van der Waals surface area contributed by atoms with E-state index in [1.165, 1.54) is 5.92 Å². The summed E-state index contributed by atoms with van der Waals surface area (Å²) in [5, 5.41) is 0. The van der Waals surface area contributed by atoms with Crippen molar-refractivity contribution in [3.05, 3.63) is 5.92 Å². The van der Waals surface area contributed by atoms with Crippen molar-refractivity contribution in [3.63, 3.8) is 0 Å². The number of rotatable bonds is 0. The second-order valence-electron chi connectivity index (χ2n) is 1.71.